The molecule has 0 N–H and O–H groups in total. The number of rotatable bonds is 0. The Morgan fingerprint density at radius 3 is 3.17 bits per heavy atom. The van der Waals surface area contributed by atoms with Gasteiger partial charge in [0.15, 0.2) is 0 Å². The molecule has 0 atom stereocenters. The van der Waals surface area contributed by atoms with Crippen molar-refractivity contribution in [3.63, 3.8) is 0 Å². The fraction of sp³-hybridized carbons (Fsp3) is 0. The second-order valence-electron chi connectivity index (χ2n) is 2.36. The van der Waals surface area contributed by atoms with Crippen LogP contribution in [0, 0.1) is 18.3 Å². The van der Waals surface area contributed by atoms with Crippen molar-refractivity contribution in [2.24, 2.45) is 0 Å². The summed E-state index contributed by atoms with van der Waals surface area (Å²) in [5, 5.41) is 0. The van der Waals surface area contributed by atoms with Crippen molar-refractivity contribution < 1.29 is 4.39 Å². The SMILES string of the molecule is C#Cc1cccn2cnc(F)c12. The molecule has 2 nitrogen and oxygen atoms in total. The minimum atomic E-state index is -0.524. The van der Waals surface area contributed by atoms with Gasteiger partial charge in [-0.05, 0) is 12.1 Å². The van der Waals surface area contributed by atoms with Crippen LogP contribution in [0.25, 0.3) is 5.52 Å². The van der Waals surface area contributed by atoms with Gasteiger partial charge in [0.05, 0.1) is 5.56 Å². The predicted molar refractivity (Wildman–Crippen MR) is 43.1 cm³/mol. The monoisotopic (exact) mass is 160 g/mol. The Hall–Kier alpha value is -1.82. The number of imidazole rings is 1. The molecule has 3 heteroatoms. The highest BCUT2D eigenvalue weighted by Crippen LogP contribution is 2.12. The van der Waals surface area contributed by atoms with E-state index in [1.54, 1.807) is 22.7 Å². The largest absolute Gasteiger partial charge is 0.302 e. The molecule has 2 aromatic rings. The van der Waals surface area contributed by atoms with Crippen molar-refractivity contribution in [2.45, 2.75) is 0 Å². The van der Waals surface area contributed by atoms with Gasteiger partial charge in [-0.1, -0.05) is 5.92 Å². The Kier molecular flexibility index (Phi) is 1.34. The zero-order valence-corrected chi connectivity index (χ0v) is 6.16. The number of terminal acetylenes is 1. The average Bonchev–Trinajstić information content (AvgIpc) is 2.48. The van der Waals surface area contributed by atoms with Gasteiger partial charge in [-0.3, -0.25) is 0 Å². The van der Waals surface area contributed by atoms with Crippen molar-refractivity contribution >= 4 is 5.52 Å². The predicted octanol–water partition coefficient (Wildman–Crippen LogP) is 1.45. The van der Waals surface area contributed by atoms with Crippen LogP contribution in [0.3, 0.4) is 0 Å². The zero-order valence-electron chi connectivity index (χ0n) is 6.16. The summed E-state index contributed by atoms with van der Waals surface area (Å²) in [6, 6.07) is 3.43. The Labute approximate surface area is 68.7 Å². The lowest BCUT2D eigenvalue weighted by Gasteiger charge is -1.94. The lowest BCUT2D eigenvalue weighted by atomic mass is 10.2. The molecule has 0 saturated heterocycles. The van der Waals surface area contributed by atoms with E-state index >= 15 is 0 Å². The number of nitrogens with zero attached hydrogens (tertiary/aromatic N) is 2. The molecule has 0 amide bonds. The van der Waals surface area contributed by atoms with Crippen molar-refractivity contribution in [2.75, 3.05) is 0 Å². The fourth-order valence-corrected chi connectivity index (χ4v) is 1.13. The van der Waals surface area contributed by atoms with Gasteiger partial charge < -0.3 is 4.40 Å². The van der Waals surface area contributed by atoms with Crippen LogP contribution in [0.4, 0.5) is 4.39 Å². The number of hydrogen-bond donors (Lipinski definition) is 0. The quantitative estimate of drug-likeness (QED) is 0.533. The molecule has 2 heterocycles. The second-order valence-corrected chi connectivity index (χ2v) is 2.36. The van der Waals surface area contributed by atoms with Crippen LogP contribution in [-0.4, -0.2) is 9.38 Å². The van der Waals surface area contributed by atoms with E-state index in [0.29, 0.717) is 11.1 Å². The first-order valence-electron chi connectivity index (χ1n) is 3.40. The highest BCUT2D eigenvalue weighted by atomic mass is 19.1. The summed E-state index contributed by atoms with van der Waals surface area (Å²) in [4.78, 5) is 3.51. The first kappa shape index (κ1) is 6.86. The summed E-state index contributed by atoms with van der Waals surface area (Å²) in [6.07, 6.45) is 8.28. The van der Waals surface area contributed by atoms with Crippen molar-refractivity contribution in [3.05, 3.63) is 36.2 Å². The third-order valence-electron chi connectivity index (χ3n) is 1.67. The highest BCUT2D eigenvalue weighted by Gasteiger charge is 2.05. The van der Waals surface area contributed by atoms with Crippen LogP contribution in [0.2, 0.25) is 0 Å². The van der Waals surface area contributed by atoms with Crippen LogP contribution in [0.1, 0.15) is 5.56 Å². The van der Waals surface area contributed by atoms with Gasteiger partial charge in [-0.15, -0.1) is 6.42 Å². The molecule has 0 unspecified atom stereocenters. The van der Waals surface area contributed by atoms with Crippen LogP contribution < -0.4 is 0 Å². The summed E-state index contributed by atoms with van der Waals surface area (Å²) < 4.78 is 14.5. The maximum Gasteiger partial charge on any atom is 0.239 e. The lowest BCUT2D eigenvalue weighted by molar-refractivity contribution is 0.601. The van der Waals surface area contributed by atoms with Gasteiger partial charge in [0.25, 0.3) is 0 Å². The van der Waals surface area contributed by atoms with E-state index in [0.717, 1.165) is 0 Å². The molecule has 0 radical (unpaired) electrons. The molecule has 58 valence electrons. The second kappa shape index (κ2) is 2.35. The topological polar surface area (TPSA) is 17.3 Å². The summed E-state index contributed by atoms with van der Waals surface area (Å²) in [7, 11) is 0. The Bertz CT molecular complexity index is 465. The van der Waals surface area contributed by atoms with Crippen molar-refractivity contribution in [3.8, 4) is 12.3 Å². The smallest absolute Gasteiger partial charge is 0.239 e. The third-order valence-corrected chi connectivity index (χ3v) is 1.67. The Balaban J connectivity index is 2.96. The molecule has 0 aliphatic rings. The van der Waals surface area contributed by atoms with Gasteiger partial charge in [0.1, 0.15) is 11.8 Å². The Morgan fingerprint density at radius 2 is 2.42 bits per heavy atom. The van der Waals surface area contributed by atoms with E-state index in [-0.39, 0.29) is 0 Å². The normalized spacial score (nSPS) is 10.0. The van der Waals surface area contributed by atoms with Crippen molar-refractivity contribution in [1.29, 1.82) is 0 Å². The van der Waals surface area contributed by atoms with Gasteiger partial charge in [0.2, 0.25) is 5.95 Å². The lowest BCUT2D eigenvalue weighted by Crippen LogP contribution is -1.86. The Morgan fingerprint density at radius 1 is 1.58 bits per heavy atom. The maximum absolute atomic E-state index is 13.0. The minimum Gasteiger partial charge on any atom is -0.302 e. The maximum atomic E-state index is 13.0. The van der Waals surface area contributed by atoms with E-state index in [1.165, 1.54) is 6.33 Å². The van der Waals surface area contributed by atoms with Crippen molar-refractivity contribution in [1.82, 2.24) is 9.38 Å². The summed E-state index contributed by atoms with van der Waals surface area (Å²) >= 11 is 0. The van der Waals surface area contributed by atoms with Gasteiger partial charge in [0, 0.05) is 6.20 Å². The molecule has 0 spiro atoms. The van der Waals surface area contributed by atoms with Crippen LogP contribution >= 0.6 is 0 Å². The molecular weight excluding hydrogens is 155 g/mol. The summed E-state index contributed by atoms with van der Waals surface area (Å²) in [5.41, 5.74) is 0.882. The molecule has 12 heavy (non-hydrogen) atoms. The molecule has 2 rings (SSSR count). The van der Waals surface area contributed by atoms with E-state index in [9.17, 15) is 4.39 Å². The summed E-state index contributed by atoms with van der Waals surface area (Å²) in [6.45, 7) is 0. The van der Waals surface area contributed by atoms with E-state index < -0.39 is 5.95 Å². The summed E-state index contributed by atoms with van der Waals surface area (Å²) in [5.74, 6) is 1.87. The van der Waals surface area contributed by atoms with Crippen LogP contribution in [0.5, 0.6) is 0 Å². The molecule has 0 aliphatic heterocycles. The molecule has 0 fully saturated rings. The molecule has 0 aliphatic carbocycles. The molecule has 2 aromatic heterocycles. The van der Waals surface area contributed by atoms with E-state index in [1.807, 2.05) is 0 Å². The highest BCUT2D eigenvalue weighted by molar-refractivity contribution is 5.61. The van der Waals surface area contributed by atoms with Crippen LogP contribution in [-0.2, 0) is 0 Å². The van der Waals surface area contributed by atoms with Crippen LogP contribution in [0.15, 0.2) is 24.7 Å². The first-order chi connectivity index (χ1) is 5.83. The van der Waals surface area contributed by atoms with E-state index in [4.69, 9.17) is 6.42 Å². The number of aromatic nitrogens is 2. The average molecular weight is 160 g/mol. The van der Waals surface area contributed by atoms with E-state index in [2.05, 4.69) is 10.9 Å². The standard InChI is InChI=1S/C9H5FN2/c1-2-7-4-3-5-12-6-11-9(10)8(7)12/h1,3-6H. The number of halogens is 1. The fourth-order valence-electron chi connectivity index (χ4n) is 1.13. The minimum absolute atomic E-state index is 0.361. The number of fused-ring (bicyclic) bond motifs is 1. The third kappa shape index (κ3) is 0.785. The molecule has 0 bridgehead atoms. The first-order valence-corrected chi connectivity index (χ1v) is 3.40. The molecule has 0 saturated carbocycles. The molecule has 0 aromatic carbocycles. The molecular formula is C9H5FN2. The number of hydrogen-bond acceptors (Lipinski definition) is 1. The zero-order chi connectivity index (χ0) is 8.55. The van der Waals surface area contributed by atoms with Gasteiger partial charge in [-0.25, -0.2) is 4.98 Å². The van der Waals surface area contributed by atoms with Gasteiger partial charge in [-0.2, -0.15) is 4.39 Å². The van der Waals surface area contributed by atoms with Gasteiger partial charge >= 0.3 is 0 Å². The number of pyridine rings is 1.